The zero-order valence-electron chi connectivity index (χ0n) is 10.9. The summed E-state index contributed by atoms with van der Waals surface area (Å²) in [5.74, 6) is 0.375. The maximum absolute atomic E-state index is 9.88. The molecule has 3 nitrogen and oxygen atoms in total. The minimum absolute atomic E-state index is 0. The molecule has 2 N–H and O–H groups in total. The van der Waals surface area contributed by atoms with Crippen molar-refractivity contribution in [3.63, 3.8) is 0 Å². The number of rotatable bonds is 2. The summed E-state index contributed by atoms with van der Waals surface area (Å²) in [7, 11) is 0. The first kappa shape index (κ1) is 14.6. The van der Waals surface area contributed by atoms with Gasteiger partial charge in [0.05, 0.1) is 0 Å². The summed E-state index contributed by atoms with van der Waals surface area (Å²) in [6.45, 7) is 7.13. The van der Waals surface area contributed by atoms with Crippen molar-refractivity contribution >= 4 is 0 Å². The molecule has 0 saturated carbocycles. The third kappa shape index (κ3) is 3.26. The second-order valence-corrected chi connectivity index (χ2v) is 5.39. The van der Waals surface area contributed by atoms with Gasteiger partial charge in [0.1, 0.15) is 24.7 Å². The van der Waals surface area contributed by atoms with Gasteiger partial charge >= 0.3 is 0 Å². The number of aromatic hydroxyl groups is 1. The van der Waals surface area contributed by atoms with E-state index in [0.717, 1.165) is 12.1 Å². The van der Waals surface area contributed by atoms with Crippen molar-refractivity contribution in [1.29, 1.82) is 0 Å². The van der Waals surface area contributed by atoms with Crippen molar-refractivity contribution in [2.75, 3.05) is 0 Å². The SMILES string of the molecule is CC(C)(C)c1cc(C[n+]2cc[nH]c2)ccc1O.[Cl-]. The van der Waals surface area contributed by atoms with Crippen LogP contribution < -0.4 is 17.0 Å². The van der Waals surface area contributed by atoms with Gasteiger partial charge in [0.2, 0.25) is 6.33 Å². The van der Waals surface area contributed by atoms with Crippen LogP contribution in [0, 0.1) is 0 Å². The number of aromatic nitrogens is 2. The molecule has 0 aliphatic heterocycles. The molecule has 0 atom stereocenters. The van der Waals surface area contributed by atoms with E-state index in [1.165, 1.54) is 5.56 Å². The smallest absolute Gasteiger partial charge is 0.241 e. The number of phenolic OH excluding ortho intramolecular Hbond substituents is 1. The van der Waals surface area contributed by atoms with Gasteiger partial charge in [0.25, 0.3) is 0 Å². The summed E-state index contributed by atoms with van der Waals surface area (Å²) in [5, 5.41) is 9.88. The molecule has 0 unspecified atom stereocenters. The molecule has 2 aromatic rings. The standard InChI is InChI=1S/C14H18N2O.ClH/c1-14(2,3)12-8-11(4-5-13(12)17)9-16-7-6-15-10-16;/h4-8,10,17H,9H2,1-3H3;1H. The van der Waals surface area contributed by atoms with Crippen LogP contribution in [0.5, 0.6) is 5.75 Å². The third-order valence-electron chi connectivity index (χ3n) is 2.84. The maximum atomic E-state index is 9.88. The van der Waals surface area contributed by atoms with E-state index >= 15 is 0 Å². The van der Waals surface area contributed by atoms with Gasteiger partial charge in [-0.25, -0.2) is 4.57 Å². The van der Waals surface area contributed by atoms with Crippen LogP contribution in [0.15, 0.2) is 36.9 Å². The van der Waals surface area contributed by atoms with E-state index in [-0.39, 0.29) is 17.8 Å². The van der Waals surface area contributed by atoms with E-state index in [1.54, 1.807) is 6.07 Å². The normalized spacial score (nSPS) is 11.1. The molecule has 0 fully saturated rings. The molecule has 1 aromatic heterocycles. The quantitative estimate of drug-likeness (QED) is 0.698. The average molecular weight is 267 g/mol. The first-order valence-electron chi connectivity index (χ1n) is 5.81. The zero-order chi connectivity index (χ0) is 12.5. The average Bonchev–Trinajstić information content (AvgIpc) is 2.72. The van der Waals surface area contributed by atoms with Gasteiger partial charge in [-0.05, 0) is 28.7 Å². The Morgan fingerprint density at radius 2 is 2.00 bits per heavy atom. The highest BCUT2D eigenvalue weighted by Gasteiger charge is 2.18. The Labute approximate surface area is 114 Å². The lowest BCUT2D eigenvalue weighted by Gasteiger charge is -2.21. The highest BCUT2D eigenvalue weighted by molar-refractivity contribution is 5.40. The zero-order valence-corrected chi connectivity index (χ0v) is 11.7. The second-order valence-electron chi connectivity index (χ2n) is 5.39. The van der Waals surface area contributed by atoms with Gasteiger partial charge in [0, 0.05) is 0 Å². The van der Waals surface area contributed by atoms with Crippen LogP contribution in [-0.4, -0.2) is 10.1 Å². The Hall–Kier alpha value is -1.48. The van der Waals surface area contributed by atoms with Gasteiger partial charge in [-0.1, -0.05) is 26.8 Å². The highest BCUT2D eigenvalue weighted by atomic mass is 35.5. The molecular formula is C14H19ClN2O. The molecule has 0 amide bonds. The summed E-state index contributed by atoms with van der Waals surface area (Å²) >= 11 is 0. The number of nitrogens with one attached hydrogen (secondary N) is 1. The Balaban J connectivity index is 0.00000162. The summed E-state index contributed by atoms with van der Waals surface area (Å²) in [6.07, 6.45) is 5.80. The number of phenols is 1. The van der Waals surface area contributed by atoms with E-state index in [2.05, 4.69) is 36.4 Å². The fraction of sp³-hybridized carbons (Fsp3) is 0.357. The van der Waals surface area contributed by atoms with Crippen molar-refractivity contribution in [3.8, 4) is 5.75 Å². The number of imidazole rings is 1. The van der Waals surface area contributed by atoms with Crippen molar-refractivity contribution in [3.05, 3.63) is 48.0 Å². The number of benzene rings is 1. The summed E-state index contributed by atoms with van der Waals surface area (Å²) in [6, 6.07) is 5.82. The molecule has 1 heterocycles. The monoisotopic (exact) mass is 266 g/mol. The van der Waals surface area contributed by atoms with E-state index in [9.17, 15) is 5.11 Å². The Bertz CT molecular complexity index is 501. The topological polar surface area (TPSA) is 39.9 Å². The number of nitrogens with zero attached hydrogens (tertiary/aromatic N) is 1. The van der Waals surface area contributed by atoms with Crippen LogP contribution in [0.2, 0.25) is 0 Å². The molecule has 4 heteroatoms. The van der Waals surface area contributed by atoms with Crippen molar-refractivity contribution in [2.45, 2.75) is 32.7 Å². The molecule has 18 heavy (non-hydrogen) atoms. The molecule has 98 valence electrons. The van der Waals surface area contributed by atoms with E-state index in [1.807, 2.05) is 24.8 Å². The summed E-state index contributed by atoms with van der Waals surface area (Å²) < 4.78 is 2.07. The molecular weight excluding hydrogens is 248 g/mol. The minimum Gasteiger partial charge on any atom is -1.00 e. The van der Waals surface area contributed by atoms with Crippen LogP contribution >= 0.6 is 0 Å². The number of halogens is 1. The van der Waals surface area contributed by atoms with Crippen LogP contribution in [-0.2, 0) is 12.0 Å². The Morgan fingerprint density at radius 3 is 2.56 bits per heavy atom. The lowest BCUT2D eigenvalue weighted by Crippen LogP contribution is -3.00. The number of aromatic amines is 1. The predicted molar refractivity (Wildman–Crippen MR) is 66.9 cm³/mol. The maximum Gasteiger partial charge on any atom is 0.241 e. The number of H-pyrrole nitrogens is 1. The Morgan fingerprint density at radius 1 is 1.28 bits per heavy atom. The lowest BCUT2D eigenvalue weighted by molar-refractivity contribution is -0.687. The van der Waals surface area contributed by atoms with Gasteiger partial charge in [-0.2, -0.15) is 0 Å². The van der Waals surface area contributed by atoms with Crippen molar-refractivity contribution in [2.24, 2.45) is 0 Å². The van der Waals surface area contributed by atoms with E-state index < -0.39 is 0 Å². The second kappa shape index (κ2) is 5.44. The van der Waals surface area contributed by atoms with Gasteiger partial charge in [-0.15, -0.1) is 0 Å². The molecule has 0 aliphatic carbocycles. The minimum atomic E-state index is -0.0388. The van der Waals surface area contributed by atoms with Gasteiger partial charge in [-0.3, -0.25) is 4.98 Å². The van der Waals surface area contributed by atoms with E-state index in [4.69, 9.17) is 0 Å². The molecule has 1 aromatic carbocycles. The van der Waals surface area contributed by atoms with Crippen LogP contribution in [0.4, 0.5) is 0 Å². The van der Waals surface area contributed by atoms with Gasteiger partial charge in [0.15, 0.2) is 0 Å². The number of hydrogen-bond acceptors (Lipinski definition) is 1. The van der Waals surface area contributed by atoms with Crippen LogP contribution in [0.25, 0.3) is 0 Å². The fourth-order valence-corrected chi connectivity index (χ4v) is 1.91. The highest BCUT2D eigenvalue weighted by Crippen LogP contribution is 2.31. The molecule has 2 rings (SSSR count). The van der Waals surface area contributed by atoms with Crippen molar-refractivity contribution in [1.82, 2.24) is 4.98 Å². The van der Waals surface area contributed by atoms with Crippen LogP contribution in [0.1, 0.15) is 31.9 Å². The first-order chi connectivity index (χ1) is 7.97. The van der Waals surface area contributed by atoms with E-state index in [0.29, 0.717) is 5.75 Å². The predicted octanol–water partition coefficient (Wildman–Crippen LogP) is -0.642. The lowest BCUT2D eigenvalue weighted by atomic mass is 9.85. The largest absolute Gasteiger partial charge is 1.00 e. The summed E-state index contributed by atoms with van der Waals surface area (Å²) in [5.41, 5.74) is 2.14. The third-order valence-corrected chi connectivity index (χ3v) is 2.84. The van der Waals surface area contributed by atoms with Crippen LogP contribution in [0.3, 0.4) is 0 Å². The molecule has 0 radical (unpaired) electrons. The summed E-state index contributed by atoms with van der Waals surface area (Å²) in [4.78, 5) is 3.02. The van der Waals surface area contributed by atoms with Gasteiger partial charge < -0.3 is 17.5 Å². The van der Waals surface area contributed by atoms with Crippen molar-refractivity contribution < 1.29 is 22.1 Å². The number of hydrogen-bond donors (Lipinski definition) is 2. The fourth-order valence-electron chi connectivity index (χ4n) is 1.91. The Kier molecular flexibility index (Phi) is 4.41. The molecule has 0 saturated heterocycles. The molecule has 0 aliphatic rings. The molecule has 0 bridgehead atoms. The first-order valence-corrected chi connectivity index (χ1v) is 5.81. The molecule has 0 spiro atoms.